The fraction of sp³-hybridized carbons (Fsp3) is 0.765. The minimum Gasteiger partial charge on any atom is -0.393 e. The maximum absolute atomic E-state index is 6.37. The fourth-order valence-corrected chi connectivity index (χ4v) is 4.71. The summed E-state index contributed by atoms with van der Waals surface area (Å²) in [4.78, 5) is 11.3. The molecule has 2 aliphatic rings. The van der Waals surface area contributed by atoms with Crippen molar-refractivity contribution >= 4 is 17.3 Å². The summed E-state index contributed by atoms with van der Waals surface area (Å²) in [7, 11) is 0. The zero-order chi connectivity index (χ0) is 16.0. The monoisotopic (exact) mass is 303 g/mol. The summed E-state index contributed by atoms with van der Waals surface area (Å²) in [6, 6.07) is 0.546. The number of anilines is 3. The van der Waals surface area contributed by atoms with E-state index in [1.807, 2.05) is 0 Å². The van der Waals surface area contributed by atoms with Gasteiger partial charge in [0.1, 0.15) is 12.0 Å². The van der Waals surface area contributed by atoms with Gasteiger partial charge in [0, 0.05) is 19.1 Å². The van der Waals surface area contributed by atoms with Gasteiger partial charge < -0.3 is 16.0 Å². The summed E-state index contributed by atoms with van der Waals surface area (Å²) >= 11 is 0. The average Bonchev–Trinajstić information content (AvgIpc) is 2.67. The number of nitrogens with two attached hydrogens (primary N) is 1. The van der Waals surface area contributed by atoms with E-state index in [2.05, 4.69) is 47.9 Å². The first kappa shape index (κ1) is 15.4. The van der Waals surface area contributed by atoms with Crippen LogP contribution in [0.4, 0.5) is 17.3 Å². The molecule has 1 aromatic heterocycles. The molecule has 2 heterocycles. The zero-order valence-corrected chi connectivity index (χ0v) is 14.3. The van der Waals surface area contributed by atoms with Crippen molar-refractivity contribution in [2.45, 2.75) is 59.4 Å². The molecule has 5 heteroatoms. The molecule has 1 aliphatic carbocycles. The van der Waals surface area contributed by atoms with Gasteiger partial charge in [0.2, 0.25) is 0 Å². The van der Waals surface area contributed by atoms with Gasteiger partial charge >= 0.3 is 0 Å². The Balaban J connectivity index is 1.89. The quantitative estimate of drug-likeness (QED) is 0.893. The Morgan fingerprint density at radius 3 is 2.82 bits per heavy atom. The molecule has 122 valence electrons. The highest BCUT2D eigenvalue weighted by atomic mass is 15.3. The number of fused-ring (bicyclic) bond motifs is 2. The third kappa shape index (κ3) is 2.73. The molecular formula is C17H29N5. The first-order valence-electron chi connectivity index (χ1n) is 8.45. The van der Waals surface area contributed by atoms with Crippen molar-refractivity contribution in [3.63, 3.8) is 0 Å². The van der Waals surface area contributed by atoms with Crippen LogP contribution in [0.1, 0.15) is 53.4 Å². The average molecular weight is 303 g/mol. The number of rotatable bonds is 4. The second kappa shape index (κ2) is 5.28. The molecule has 3 rings (SSSR count). The van der Waals surface area contributed by atoms with Crippen LogP contribution in [-0.2, 0) is 0 Å². The van der Waals surface area contributed by atoms with Gasteiger partial charge in [0.15, 0.2) is 11.6 Å². The highest BCUT2D eigenvalue weighted by Gasteiger charge is 2.50. The number of hydrogen-bond acceptors (Lipinski definition) is 5. The van der Waals surface area contributed by atoms with Crippen LogP contribution in [-0.4, -0.2) is 29.1 Å². The lowest BCUT2D eigenvalue weighted by Crippen LogP contribution is -2.35. The first-order chi connectivity index (χ1) is 10.3. The van der Waals surface area contributed by atoms with Gasteiger partial charge in [-0.05, 0) is 36.5 Å². The minimum atomic E-state index is 0.376. The second-order valence-corrected chi connectivity index (χ2v) is 8.23. The number of nitrogens with one attached hydrogen (secondary N) is 1. The van der Waals surface area contributed by atoms with Crippen LogP contribution in [0.2, 0.25) is 0 Å². The van der Waals surface area contributed by atoms with E-state index in [1.54, 1.807) is 6.33 Å². The maximum Gasteiger partial charge on any atom is 0.157 e. The Kier molecular flexibility index (Phi) is 3.69. The van der Waals surface area contributed by atoms with Crippen molar-refractivity contribution in [1.29, 1.82) is 0 Å². The standard InChI is InChI=1S/C17H29N5/c1-5-6-19-14-13(18)15(21-11-20-14)22-10-17(4)8-12(22)7-16(2,3)9-17/h11-12H,5-10,18H2,1-4H3,(H,19,20,21). The second-order valence-electron chi connectivity index (χ2n) is 8.23. The van der Waals surface area contributed by atoms with E-state index >= 15 is 0 Å². The summed E-state index contributed by atoms with van der Waals surface area (Å²) in [6.07, 6.45) is 6.43. The van der Waals surface area contributed by atoms with Crippen LogP contribution in [0.25, 0.3) is 0 Å². The smallest absolute Gasteiger partial charge is 0.157 e. The van der Waals surface area contributed by atoms with Crippen molar-refractivity contribution in [1.82, 2.24) is 9.97 Å². The third-order valence-electron chi connectivity index (χ3n) is 5.09. The highest BCUT2D eigenvalue weighted by Crippen LogP contribution is 2.53. The van der Waals surface area contributed by atoms with Crippen LogP contribution < -0.4 is 16.0 Å². The SMILES string of the molecule is CCCNc1ncnc(N2CC3(C)CC2CC(C)(C)C3)c1N. The van der Waals surface area contributed by atoms with Gasteiger partial charge in [-0.1, -0.05) is 27.7 Å². The van der Waals surface area contributed by atoms with Crippen molar-refractivity contribution in [3.8, 4) is 0 Å². The number of aromatic nitrogens is 2. The van der Waals surface area contributed by atoms with Crippen molar-refractivity contribution < 1.29 is 0 Å². The van der Waals surface area contributed by atoms with Crippen molar-refractivity contribution in [3.05, 3.63) is 6.33 Å². The van der Waals surface area contributed by atoms with Gasteiger partial charge in [0.05, 0.1) is 0 Å². The molecule has 0 amide bonds. The number of nitrogens with zero attached hydrogens (tertiary/aromatic N) is 3. The van der Waals surface area contributed by atoms with E-state index in [4.69, 9.17) is 5.73 Å². The predicted molar refractivity (Wildman–Crippen MR) is 92.1 cm³/mol. The lowest BCUT2D eigenvalue weighted by molar-refractivity contribution is 0.136. The van der Waals surface area contributed by atoms with E-state index in [1.165, 1.54) is 19.3 Å². The maximum atomic E-state index is 6.37. The molecule has 1 aromatic rings. The molecule has 22 heavy (non-hydrogen) atoms. The van der Waals surface area contributed by atoms with E-state index < -0.39 is 0 Å². The van der Waals surface area contributed by atoms with Crippen LogP contribution in [0.5, 0.6) is 0 Å². The lowest BCUT2D eigenvalue weighted by atomic mass is 9.65. The minimum absolute atomic E-state index is 0.376. The number of nitrogen functional groups attached to an aromatic ring is 1. The molecule has 2 atom stereocenters. The highest BCUT2D eigenvalue weighted by molar-refractivity contribution is 5.75. The Hall–Kier alpha value is -1.52. The first-order valence-corrected chi connectivity index (χ1v) is 8.45. The molecule has 3 N–H and O–H groups in total. The van der Waals surface area contributed by atoms with E-state index in [-0.39, 0.29) is 0 Å². The van der Waals surface area contributed by atoms with E-state index in [0.717, 1.165) is 31.1 Å². The van der Waals surface area contributed by atoms with Gasteiger partial charge in [-0.2, -0.15) is 0 Å². The van der Waals surface area contributed by atoms with Crippen LogP contribution >= 0.6 is 0 Å². The summed E-state index contributed by atoms with van der Waals surface area (Å²) in [5.74, 6) is 1.69. The van der Waals surface area contributed by atoms with Gasteiger partial charge in [-0.3, -0.25) is 0 Å². The predicted octanol–water partition coefficient (Wildman–Crippen LogP) is 3.29. The molecule has 0 radical (unpaired) electrons. The molecule has 0 spiro atoms. The van der Waals surface area contributed by atoms with E-state index in [0.29, 0.717) is 22.6 Å². The topological polar surface area (TPSA) is 67.1 Å². The normalized spacial score (nSPS) is 29.6. The molecule has 2 bridgehead atoms. The summed E-state index contributed by atoms with van der Waals surface area (Å²) < 4.78 is 0. The van der Waals surface area contributed by atoms with Gasteiger partial charge in [0.25, 0.3) is 0 Å². The third-order valence-corrected chi connectivity index (χ3v) is 5.09. The van der Waals surface area contributed by atoms with Crippen molar-refractivity contribution in [2.75, 3.05) is 29.0 Å². The van der Waals surface area contributed by atoms with Gasteiger partial charge in [-0.25, -0.2) is 9.97 Å². The lowest BCUT2D eigenvalue weighted by Gasteiger charge is -2.39. The Morgan fingerprint density at radius 1 is 1.32 bits per heavy atom. The summed E-state index contributed by atoms with van der Waals surface area (Å²) in [5.41, 5.74) is 7.84. The zero-order valence-electron chi connectivity index (χ0n) is 14.3. The summed E-state index contributed by atoms with van der Waals surface area (Å²) in [6.45, 7) is 11.3. The molecular weight excluding hydrogens is 274 g/mol. The molecule has 2 unspecified atom stereocenters. The fourth-order valence-electron chi connectivity index (χ4n) is 4.71. The molecule has 1 saturated heterocycles. The van der Waals surface area contributed by atoms with Crippen molar-refractivity contribution in [2.24, 2.45) is 10.8 Å². The molecule has 0 aromatic carbocycles. The van der Waals surface area contributed by atoms with Crippen LogP contribution in [0.15, 0.2) is 6.33 Å². The largest absolute Gasteiger partial charge is 0.393 e. The van der Waals surface area contributed by atoms with Crippen LogP contribution in [0, 0.1) is 10.8 Å². The van der Waals surface area contributed by atoms with Crippen LogP contribution in [0.3, 0.4) is 0 Å². The molecule has 5 nitrogen and oxygen atoms in total. The number of hydrogen-bond donors (Lipinski definition) is 2. The summed E-state index contributed by atoms with van der Waals surface area (Å²) in [5, 5.41) is 3.31. The Morgan fingerprint density at radius 2 is 2.09 bits per heavy atom. The molecule has 1 saturated carbocycles. The molecule has 1 aliphatic heterocycles. The van der Waals surface area contributed by atoms with Gasteiger partial charge in [-0.15, -0.1) is 0 Å². The Labute approximate surface area is 133 Å². The van der Waals surface area contributed by atoms with E-state index in [9.17, 15) is 0 Å². The molecule has 2 fully saturated rings. The Bertz CT molecular complexity index is 556.